The van der Waals surface area contributed by atoms with Crippen LogP contribution in [0.2, 0.25) is 0 Å². The fourth-order valence-corrected chi connectivity index (χ4v) is 2.32. The van der Waals surface area contributed by atoms with Gasteiger partial charge in [0.05, 0.1) is 10.2 Å². The Morgan fingerprint density at radius 2 is 2.00 bits per heavy atom. The van der Waals surface area contributed by atoms with Gasteiger partial charge in [0.1, 0.15) is 5.82 Å². The third-order valence-corrected chi connectivity index (χ3v) is 3.69. The van der Waals surface area contributed by atoms with Gasteiger partial charge in [-0.2, -0.15) is 0 Å². The second-order valence-electron chi connectivity index (χ2n) is 3.83. The van der Waals surface area contributed by atoms with E-state index >= 15 is 0 Å². The van der Waals surface area contributed by atoms with Gasteiger partial charge in [-0.05, 0) is 44.3 Å². The van der Waals surface area contributed by atoms with Crippen molar-refractivity contribution < 1.29 is 0 Å². The Morgan fingerprint density at radius 1 is 1.22 bits per heavy atom. The van der Waals surface area contributed by atoms with Crippen molar-refractivity contribution in [1.29, 1.82) is 0 Å². The Bertz CT molecular complexity index is 572. The smallest absolute Gasteiger partial charge is 0.163 e. The molecule has 2 rings (SSSR count). The van der Waals surface area contributed by atoms with Crippen LogP contribution >= 0.6 is 31.9 Å². The van der Waals surface area contributed by atoms with Crippen molar-refractivity contribution in [1.82, 2.24) is 15.0 Å². The Balaban J connectivity index is 2.51. The van der Waals surface area contributed by atoms with Gasteiger partial charge in [0.15, 0.2) is 5.82 Å². The van der Waals surface area contributed by atoms with E-state index in [0.29, 0.717) is 11.6 Å². The maximum absolute atomic E-state index is 5.90. The minimum atomic E-state index is 0.462. The summed E-state index contributed by atoms with van der Waals surface area (Å²) in [5, 5.41) is 0. The highest BCUT2D eigenvalue weighted by molar-refractivity contribution is 9.10. The monoisotopic (exact) mass is 370 g/mol. The lowest BCUT2D eigenvalue weighted by Crippen LogP contribution is -2.03. The zero-order valence-corrected chi connectivity index (χ0v) is 13.0. The number of hydrogen-bond acceptors (Lipinski definition) is 4. The van der Waals surface area contributed by atoms with Crippen molar-refractivity contribution >= 4 is 37.7 Å². The van der Waals surface area contributed by atoms with E-state index in [0.717, 1.165) is 33.0 Å². The number of nitrogens with two attached hydrogens (primary N) is 1. The van der Waals surface area contributed by atoms with Gasteiger partial charge in [0.25, 0.3) is 0 Å². The fraction of sp³-hybridized carbons (Fsp3) is 0.250. The number of pyridine rings is 1. The predicted octanol–water partition coefficient (Wildman–Crippen LogP) is 3.60. The molecule has 0 aromatic carbocycles. The van der Waals surface area contributed by atoms with Crippen LogP contribution < -0.4 is 5.73 Å². The first-order valence-corrected chi connectivity index (χ1v) is 7.13. The number of nitrogens with zero attached hydrogens (tertiary/aromatic N) is 3. The van der Waals surface area contributed by atoms with E-state index in [1.807, 2.05) is 6.07 Å². The molecule has 0 bridgehead atoms. The Morgan fingerprint density at radius 3 is 2.67 bits per heavy atom. The van der Waals surface area contributed by atoms with Gasteiger partial charge in [-0.15, -0.1) is 0 Å². The van der Waals surface area contributed by atoms with E-state index in [1.165, 1.54) is 0 Å². The summed E-state index contributed by atoms with van der Waals surface area (Å²) in [7, 11) is 0. The summed E-state index contributed by atoms with van der Waals surface area (Å²) in [4.78, 5) is 12.9. The fourth-order valence-electron chi connectivity index (χ4n) is 1.58. The molecule has 0 fully saturated rings. The van der Waals surface area contributed by atoms with Crippen molar-refractivity contribution in [3.63, 3.8) is 0 Å². The second-order valence-corrected chi connectivity index (χ2v) is 5.54. The van der Waals surface area contributed by atoms with Crippen molar-refractivity contribution in [3.05, 3.63) is 33.1 Å². The van der Waals surface area contributed by atoms with Crippen LogP contribution in [0.25, 0.3) is 11.4 Å². The van der Waals surface area contributed by atoms with Crippen molar-refractivity contribution in [2.24, 2.45) is 0 Å². The molecule has 2 aromatic heterocycles. The molecule has 0 aliphatic rings. The van der Waals surface area contributed by atoms with Crippen molar-refractivity contribution in [3.8, 4) is 11.4 Å². The third-order valence-electron chi connectivity index (χ3n) is 2.40. The minimum Gasteiger partial charge on any atom is -0.383 e. The number of anilines is 1. The van der Waals surface area contributed by atoms with Crippen LogP contribution in [0, 0.1) is 0 Å². The maximum Gasteiger partial charge on any atom is 0.163 e. The molecule has 0 saturated carbocycles. The molecule has 18 heavy (non-hydrogen) atoms. The molecule has 6 heteroatoms. The lowest BCUT2D eigenvalue weighted by atomic mass is 10.2. The predicted molar refractivity (Wildman–Crippen MR) is 79.1 cm³/mol. The third kappa shape index (κ3) is 2.87. The van der Waals surface area contributed by atoms with Crippen LogP contribution in [0.3, 0.4) is 0 Å². The van der Waals surface area contributed by atoms with Crippen LogP contribution in [-0.4, -0.2) is 15.0 Å². The first kappa shape index (κ1) is 13.4. The molecule has 94 valence electrons. The summed E-state index contributed by atoms with van der Waals surface area (Å²) < 4.78 is 1.68. The number of halogens is 2. The van der Waals surface area contributed by atoms with Crippen molar-refractivity contribution in [2.75, 3.05) is 5.73 Å². The standard InChI is InChI=1S/C12H12Br2N4/c1-2-3-9-10(14)11(15)18-12(17-9)7-4-8(13)6-16-5-7/h4-6H,2-3H2,1H3,(H2,15,17,18). The molecule has 0 amide bonds. The van der Waals surface area contributed by atoms with Crippen molar-refractivity contribution in [2.45, 2.75) is 19.8 Å². The summed E-state index contributed by atoms with van der Waals surface area (Å²) in [5.41, 5.74) is 7.68. The van der Waals surface area contributed by atoms with Gasteiger partial charge in [-0.25, -0.2) is 9.97 Å². The first-order valence-electron chi connectivity index (χ1n) is 5.54. The van der Waals surface area contributed by atoms with Gasteiger partial charge in [-0.1, -0.05) is 13.3 Å². The minimum absolute atomic E-state index is 0.462. The molecule has 0 spiro atoms. The van der Waals surface area contributed by atoms with E-state index in [4.69, 9.17) is 5.73 Å². The topological polar surface area (TPSA) is 64.7 Å². The first-order chi connectivity index (χ1) is 8.61. The van der Waals surface area contributed by atoms with Crippen LogP contribution in [-0.2, 0) is 6.42 Å². The lowest BCUT2D eigenvalue weighted by Gasteiger charge is -2.08. The molecule has 0 aliphatic carbocycles. The molecule has 0 saturated heterocycles. The molecular formula is C12H12Br2N4. The summed E-state index contributed by atoms with van der Waals surface area (Å²) in [6.45, 7) is 2.10. The van der Waals surface area contributed by atoms with E-state index in [1.54, 1.807) is 12.4 Å². The van der Waals surface area contributed by atoms with Crippen LogP contribution in [0.1, 0.15) is 19.0 Å². The largest absolute Gasteiger partial charge is 0.383 e. The Kier molecular flexibility index (Phi) is 4.29. The molecule has 2 N–H and O–H groups in total. The molecule has 2 aromatic rings. The van der Waals surface area contributed by atoms with Crippen LogP contribution in [0.4, 0.5) is 5.82 Å². The normalized spacial score (nSPS) is 10.6. The maximum atomic E-state index is 5.90. The Hall–Kier alpha value is -1.01. The summed E-state index contributed by atoms with van der Waals surface area (Å²) >= 11 is 6.81. The highest BCUT2D eigenvalue weighted by Crippen LogP contribution is 2.26. The molecule has 2 heterocycles. The van der Waals surface area contributed by atoms with Gasteiger partial charge >= 0.3 is 0 Å². The average Bonchev–Trinajstić information content (AvgIpc) is 2.35. The summed E-state index contributed by atoms with van der Waals surface area (Å²) in [6, 6.07) is 1.92. The van der Waals surface area contributed by atoms with Gasteiger partial charge in [0, 0.05) is 22.4 Å². The SMILES string of the molecule is CCCc1nc(-c2cncc(Br)c2)nc(N)c1Br. The Labute approximate surface area is 122 Å². The molecular weight excluding hydrogens is 360 g/mol. The summed E-state index contributed by atoms with van der Waals surface area (Å²) in [6.07, 6.45) is 5.31. The van der Waals surface area contributed by atoms with E-state index < -0.39 is 0 Å². The van der Waals surface area contributed by atoms with Crippen LogP contribution in [0.15, 0.2) is 27.4 Å². The van der Waals surface area contributed by atoms with E-state index in [2.05, 4.69) is 53.7 Å². The molecule has 4 nitrogen and oxygen atoms in total. The highest BCUT2D eigenvalue weighted by atomic mass is 79.9. The number of aromatic nitrogens is 3. The number of aryl methyl sites for hydroxylation is 1. The van der Waals surface area contributed by atoms with Gasteiger partial charge in [0.2, 0.25) is 0 Å². The quantitative estimate of drug-likeness (QED) is 0.895. The average molecular weight is 372 g/mol. The second kappa shape index (κ2) is 5.75. The zero-order valence-electron chi connectivity index (χ0n) is 9.82. The number of nitrogen functional groups attached to an aromatic ring is 1. The van der Waals surface area contributed by atoms with Gasteiger partial charge < -0.3 is 5.73 Å². The highest BCUT2D eigenvalue weighted by Gasteiger charge is 2.11. The zero-order chi connectivity index (χ0) is 13.1. The molecule has 0 radical (unpaired) electrons. The lowest BCUT2D eigenvalue weighted by molar-refractivity contribution is 0.869. The van der Waals surface area contributed by atoms with E-state index in [-0.39, 0.29) is 0 Å². The summed E-state index contributed by atoms with van der Waals surface area (Å²) in [5.74, 6) is 1.07. The van der Waals surface area contributed by atoms with E-state index in [9.17, 15) is 0 Å². The van der Waals surface area contributed by atoms with Crippen LogP contribution in [0.5, 0.6) is 0 Å². The number of rotatable bonds is 3. The van der Waals surface area contributed by atoms with Gasteiger partial charge in [-0.3, -0.25) is 4.98 Å². The number of hydrogen-bond donors (Lipinski definition) is 1. The molecule has 0 aliphatic heterocycles. The molecule has 0 atom stereocenters. The molecule has 0 unspecified atom stereocenters.